The Kier molecular flexibility index (Phi) is 9.69. The molecule has 3 heterocycles. The number of unbranched alkanes of at least 4 members (excludes halogenated alkanes) is 3. The van der Waals surface area contributed by atoms with Gasteiger partial charge in [-0.3, -0.25) is 14.4 Å². The van der Waals surface area contributed by atoms with Gasteiger partial charge in [0.1, 0.15) is 11.6 Å². The quantitative estimate of drug-likeness (QED) is 0.242. The number of carbonyl (C=O) groups is 3. The normalized spacial score (nSPS) is 25.4. The average molecular weight is 606 g/mol. The Labute approximate surface area is 258 Å². The van der Waals surface area contributed by atoms with E-state index < -0.39 is 29.6 Å². The number of halogens is 1. The van der Waals surface area contributed by atoms with Crippen molar-refractivity contribution in [2.75, 3.05) is 36.0 Å². The maximum atomic E-state index is 14.6. The number of amides is 3. The van der Waals surface area contributed by atoms with Gasteiger partial charge in [-0.15, -0.1) is 13.2 Å². The van der Waals surface area contributed by atoms with Crippen molar-refractivity contribution >= 4 is 40.7 Å². The Morgan fingerprint density at radius 2 is 1.58 bits per heavy atom. The maximum absolute atomic E-state index is 14.6. The highest BCUT2D eigenvalue weighted by Gasteiger charge is 2.74. The Morgan fingerprint density at radius 3 is 2.23 bits per heavy atom. The van der Waals surface area contributed by atoms with Gasteiger partial charge in [0.25, 0.3) is 5.91 Å². The maximum Gasteiger partial charge on any atom is 0.253 e. The molecular weight excluding hydrogens is 566 g/mol. The molecule has 5 atom stereocenters. The smallest absolute Gasteiger partial charge is 0.253 e. The molecule has 2 unspecified atom stereocenters. The monoisotopic (exact) mass is 605 g/mol. The summed E-state index contributed by atoms with van der Waals surface area (Å²) in [7, 11) is 0. The molecule has 228 valence electrons. The third-order valence-electron chi connectivity index (χ3n) is 8.99. The van der Waals surface area contributed by atoms with E-state index in [1.54, 1.807) is 51.1 Å². The molecule has 1 spiro atoms. The Hall–Kier alpha value is -3.46. The van der Waals surface area contributed by atoms with Gasteiger partial charge in [0.05, 0.1) is 17.9 Å². The summed E-state index contributed by atoms with van der Waals surface area (Å²) < 4.78 is 6.68. The van der Waals surface area contributed by atoms with Crippen LogP contribution in [0.3, 0.4) is 0 Å². The SMILES string of the molecule is C=CCN(C(=O)C1N(CCCCCCO)C(=O)[C@@H]2[C@@H](C(=O)N(CC=C)c3ccccc3)[C@H]3CCC12O3)c1ccc(Cl)cc1. The van der Waals surface area contributed by atoms with Crippen LogP contribution in [-0.2, 0) is 19.1 Å². The van der Waals surface area contributed by atoms with Crippen LogP contribution in [0.25, 0.3) is 0 Å². The lowest BCUT2D eigenvalue weighted by atomic mass is 9.70. The number of hydrogen-bond acceptors (Lipinski definition) is 5. The largest absolute Gasteiger partial charge is 0.396 e. The highest BCUT2D eigenvalue weighted by atomic mass is 35.5. The van der Waals surface area contributed by atoms with Crippen molar-refractivity contribution < 1.29 is 24.2 Å². The number of anilines is 2. The van der Waals surface area contributed by atoms with Crippen LogP contribution in [0.2, 0.25) is 5.02 Å². The Balaban J connectivity index is 1.52. The van der Waals surface area contributed by atoms with Crippen LogP contribution in [0.1, 0.15) is 38.5 Å². The molecular formula is C34H40ClN3O5. The number of hydrogen-bond donors (Lipinski definition) is 1. The van der Waals surface area contributed by atoms with Gasteiger partial charge < -0.3 is 24.5 Å². The summed E-state index contributed by atoms with van der Waals surface area (Å²) in [5.74, 6) is -2.13. The van der Waals surface area contributed by atoms with Crippen molar-refractivity contribution in [3.63, 3.8) is 0 Å². The summed E-state index contributed by atoms with van der Waals surface area (Å²) in [6, 6.07) is 15.5. The van der Waals surface area contributed by atoms with E-state index in [4.69, 9.17) is 16.3 Å². The van der Waals surface area contributed by atoms with Crippen molar-refractivity contribution in [1.82, 2.24) is 4.90 Å². The Bertz CT molecular complexity index is 1340. The fourth-order valence-electron chi connectivity index (χ4n) is 7.16. The van der Waals surface area contributed by atoms with Gasteiger partial charge in [-0.1, -0.05) is 54.8 Å². The zero-order valence-corrected chi connectivity index (χ0v) is 25.2. The van der Waals surface area contributed by atoms with Gasteiger partial charge in [0.15, 0.2) is 0 Å². The van der Waals surface area contributed by atoms with Crippen LogP contribution in [0.5, 0.6) is 0 Å². The molecule has 9 heteroatoms. The number of rotatable bonds is 14. The molecule has 3 aliphatic heterocycles. The fourth-order valence-corrected chi connectivity index (χ4v) is 7.29. The first-order chi connectivity index (χ1) is 20.9. The van der Waals surface area contributed by atoms with Crippen LogP contribution in [0.15, 0.2) is 79.9 Å². The molecule has 43 heavy (non-hydrogen) atoms. The second kappa shape index (κ2) is 13.5. The summed E-state index contributed by atoms with van der Waals surface area (Å²) >= 11 is 6.14. The number of aliphatic hydroxyl groups is 1. The van der Waals surface area contributed by atoms with Crippen LogP contribution in [0, 0.1) is 11.8 Å². The van der Waals surface area contributed by atoms with Crippen molar-refractivity contribution in [2.24, 2.45) is 11.8 Å². The topological polar surface area (TPSA) is 90.4 Å². The van der Waals surface area contributed by atoms with Gasteiger partial charge in [-0.2, -0.15) is 0 Å². The van der Waals surface area contributed by atoms with Gasteiger partial charge in [0, 0.05) is 42.6 Å². The van der Waals surface area contributed by atoms with E-state index in [9.17, 15) is 19.5 Å². The highest BCUT2D eigenvalue weighted by Crippen LogP contribution is 2.59. The summed E-state index contributed by atoms with van der Waals surface area (Å²) in [5, 5.41) is 9.76. The van der Waals surface area contributed by atoms with E-state index in [1.165, 1.54) is 0 Å². The third-order valence-corrected chi connectivity index (χ3v) is 9.24. The summed E-state index contributed by atoms with van der Waals surface area (Å²) in [6.45, 7) is 8.74. The van der Waals surface area contributed by atoms with Gasteiger partial charge in [-0.25, -0.2) is 0 Å². The van der Waals surface area contributed by atoms with Crippen molar-refractivity contribution in [3.8, 4) is 0 Å². The van der Waals surface area contributed by atoms with E-state index in [0.29, 0.717) is 49.5 Å². The van der Waals surface area contributed by atoms with Gasteiger partial charge >= 0.3 is 0 Å². The molecule has 0 saturated carbocycles. The molecule has 3 amide bonds. The first kappa shape index (κ1) is 31.0. The molecule has 0 aliphatic carbocycles. The van der Waals surface area contributed by atoms with Gasteiger partial charge in [-0.05, 0) is 62.1 Å². The molecule has 5 rings (SSSR count). The second-order valence-corrected chi connectivity index (χ2v) is 11.9. The van der Waals surface area contributed by atoms with Crippen LogP contribution >= 0.6 is 11.6 Å². The number of ether oxygens (including phenoxy) is 1. The average Bonchev–Trinajstić information content (AvgIpc) is 3.66. The number of fused-ring (bicyclic) bond motifs is 1. The minimum Gasteiger partial charge on any atom is -0.396 e. The van der Waals surface area contributed by atoms with E-state index >= 15 is 0 Å². The molecule has 0 radical (unpaired) electrons. The minimum absolute atomic E-state index is 0.119. The van der Waals surface area contributed by atoms with E-state index in [0.717, 1.165) is 18.5 Å². The minimum atomic E-state index is -1.10. The first-order valence-corrected chi connectivity index (χ1v) is 15.5. The molecule has 2 aromatic carbocycles. The fraction of sp³-hybridized carbons (Fsp3) is 0.441. The molecule has 3 saturated heterocycles. The molecule has 2 bridgehead atoms. The zero-order chi connectivity index (χ0) is 30.6. The molecule has 1 N–H and O–H groups in total. The molecule has 8 nitrogen and oxygen atoms in total. The van der Waals surface area contributed by atoms with Crippen LogP contribution in [-0.4, -0.2) is 71.7 Å². The standard InChI is InChI=1S/C34H40ClN3O5/c1-3-20-36(25-12-8-7-9-13-25)31(40)28-27-18-19-34(43-27)29(28)32(41)38(22-10-5-6-11-23-39)30(34)33(42)37(21-4-2)26-16-14-24(35)15-17-26/h3-4,7-9,12-17,27-30,39H,1-2,5-6,10-11,18-23H2/t27-,28+,29+,30?,34?/m1/s1. The van der Waals surface area contributed by atoms with Gasteiger partial charge in [0.2, 0.25) is 11.8 Å². The zero-order valence-electron chi connectivity index (χ0n) is 24.4. The predicted octanol–water partition coefficient (Wildman–Crippen LogP) is 5.01. The molecule has 3 aliphatic rings. The summed E-state index contributed by atoms with van der Waals surface area (Å²) in [6.07, 6.45) is 6.98. The predicted molar refractivity (Wildman–Crippen MR) is 168 cm³/mol. The molecule has 2 aromatic rings. The third kappa shape index (κ3) is 5.76. The first-order valence-electron chi connectivity index (χ1n) is 15.1. The summed E-state index contributed by atoms with van der Waals surface area (Å²) in [4.78, 5) is 48.3. The van der Waals surface area contributed by atoms with Crippen LogP contribution < -0.4 is 9.80 Å². The van der Waals surface area contributed by atoms with E-state index in [2.05, 4.69) is 13.2 Å². The lowest BCUT2D eigenvalue weighted by molar-refractivity contribution is -0.140. The van der Waals surface area contributed by atoms with Crippen molar-refractivity contribution in [2.45, 2.75) is 56.3 Å². The summed E-state index contributed by atoms with van der Waals surface area (Å²) in [5.41, 5.74) is 0.265. The lowest BCUT2D eigenvalue weighted by Crippen LogP contribution is -2.56. The van der Waals surface area contributed by atoms with Crippen molar-refractivity contribution in [3.05, 3.63) is 84.9 Å². The lowest BCUT2D eigenvalue weighted by Gasteiger charge is -2.37. The number of likely N-dealkylation sites (tertiary alicyclic amines) is 1. The second-order valence-electron chi connectivity index (χ2n) is 11.5. The Morgan fingerprint density at radius 1 is 0.953 bits per heavy atom. The molecule has 0 aromatic heterocycles. The van der Waals surface area contributed by atoms with E-state index in [1.807, 2.05) is 30.3 Å². The van der Waals surface area contributed by atoms with Crippen molar-refractivity contribution in [1.29, 1.82) is 0 Å². The number of aliphatic hydroxyl groups excluding tert-OH is 1. The number of benzene rings is 2. The molecule has 3 fully saturated rings. The number of para-hydroxylation sites is 1. The van der Waals surface area contributed by atoms with E-state index in [-0.39, 0.29) is 30.9 Å². The number of nitrogens with zero attached hydrogens (tertiary/aromatic N) is 3. The highest BCUT2D eigenvalue weighted by molar-refractivity contribution is 6.30. The number of carbonyl (C=O) groups excluding carboxylic acids is 3. The van der Waals surface area contributed by atoms with Crippen LogP contribution in [0.4, 0.5) is 11.4 Å².